The van der Waals surface area contributed by atoms with Gasteiger partial charge in [-0.05, 0) is 18.2 Å². The third-order valence-corrected chi connectivity index (χ3v) is 3.10. The summed E-state index contributed by atoms with van der Waals surface area (Å²) in [7, 11) is 0. The average molecular weight is 290 g/mol. The number of nitrogens with zero attached hydrogens (tertiary/aromatic N) is 2. The molecule has 1 aromatic heterocycles. The van der Waals surface area contributed by atoms with Crippen molar-refractivity contribution in [2.45, 2.75) is 20.8 Å². The number of urea groups is 1. The molecule has 0 atom stereocenters. The van der Waals surface area contributed by atoms with E-state index in [0.29, 0.717) is 5.76 Å². The molecule has 6 nitrogen and oxygen atoms in total. The second-order valence-corrected chi connectivity index (χ2v) is 5.83. The Morgan fingerprint density at radius 2 is 1.90 bits per heavy atom. The summed E-state index contributed by atoms with van der Waals surface area (Å²) in [4.78, 5) is 38.5. The Hall–Kier alpha value is -2.37. The van der Waals surface area contributed by atoms with Gasteiger partial charge in [-0.2, -0.15) is 0 Å². The van der Waals surface area contributed by atoms with Crippen LogP contribution >= 0.6 is 0 Å². The van der Waals surface area contributed by atoms with Gasteiger partial charge in [0.25, 0.3) is 5.91 Å². The second-order valence-electron chi connectivity index (χ2n) is 5.83. The van der Waals surface area contributed by atoms with E-state index in [0.717, 1.165) is 9.80 Å². The number of carbonyl (C=O) groups excluding carboxylic acids is 3. The lowest BCUT2D eigenvalue weighted by atomic mass is 9.95. The van der Waals surface area contributed by atoms with Crippen molar-refractivity contribution in [2.75, 3.05) is 13.1 Å². The number of hydrogen-bond donors (Lipinski definition) is 0. The van der Waals surface area contributed by atoms with Gasteiger partial charge in [0.15, 0.2) is 0 Å². The van der Waals surface area contributed by atoms with Gasteiger partial charge in [0, 0.05) is 24.6 Å². The van der Waals surface area contributed by atoms with E-state index >= 15 is 0 Å². The summed E-state index contributed by atoms with van der Waals surface area (Å²) in [5.41, 5.74) is -0.654. The summed E-state index contributed by atoms with van der Waals surface area (Å²) in [6.07, 6.45) is 4.25. The van der Waals surface area contributed by atoms with Crippen molar-refractivity contribution < 1.29 is 18.8 Å². The molecule has 0 N–H and O–H groups in total. The molecule has 1 saturated heterocycles. The van der Waals surface area contributed by atoms with Crippen LogP contribution < -0.4 is 0 Å². The van der Waals surface area contributed by atoms with Crippen molar-refractivity contribution in [1.82, 2.24) is 9.80 Å². The fraction of sp³-hybridized carbons (Fsp3) is 0.400. The van der Waals surface area contributed by atoms with Crippen LogP contribution in [0.15, 0.2) is 28.9 Å². The highest BCUT2D eigenvalue weighted by Gasteiger charge is 2.39. The molecule has 2 heterocycles. The molecule has 1 aliphatic heterocycles. The van der Waals surface area contributed by atoms with Crippen molar-refractivity contribution >= 4 is 23.9 Å². The lowest BCUT2D eigenvalue weighted by Gasteiger charge is -2.23. The number of amides is 4. The number of carbonyl (C=O) groups is 3. The zero-order chi connectivity index (χ0) is 15.6. The van der Waals surface area contributed by atoms with E-state index in [1.54, 1.807) is 32.9 Å². The quantitative estimate of drug-likeness (QED) is 0.782. The van der Waals surface area contributed by atoms with E-state index < -0.39 is 17.4 Å². The summed E-state index contributed by atoms with van der Waals surface area (Å²) in [6, 6.07) is 2.84. The number of rotatable bonds is 2. The van der Waals surface area contributed by atoms with Gasteiger partial charge in [0.05, 0.1) is 6.26 Å². The van der Waals surface area contributed by atoms with Gasteiger partial charge >= 0.3 is 6.03 Å². The van der Waals surface area contributed by atoms with Crippen molar-refractivity contribution in [3.8, 4) is 0 Å². The third kappa shape index (κ3) is 3.21. The molecule has 0 aromatic carbocycles. The molecule has 4 amide bonds. The first-order chi connectivity index (χ1) is 9.80. The summed E-state index contributed by atoms with van der Waals surface area (Å²) in [5.74, 6) is -0.212. The van der Waals surface area contributed by atoms with Crippen molar-refractivity contribution in [3.05, 3.63) is 30.2 Å². The zero-order valence-corrected chi connectivity index (χ0v) is 12.3. The molecule has 1 aromatic rings. The Morgan fingerprint density at radius 3 is 2.48 bits per heavy atom. The first-order valence-corrected chi connectivity index (χ1v) is 6.70. The molecule has 0 aliphatic carbocycles. The maximum Gasteiger partial charge on any atom is 0.333 e. The molecule has 6 heteroatoms. The van der Waals surface area contributed by atoms with Crippen LogP contribution in [0.1, 0.15) is 26.5 Å². The third-order valence-electron chi connectivity index (χ3n) is 3.10. The maximum atomic E-state index is 12.1. The van der Waals surface area contributed by atoms with Gasteiger partial charge in [-0.1, -0.05) is 20.8 Å². The number of furan rings is 1. The molecule has 1 aliphatic rings. The predicted octanol–water partition coefficient (Wildman–Crippen LogP) is 2.13. The Kier molecular flexibility index (Phi) is 3.97. The fourth-order valence-corrected chi connectivity index (χ4v) is 1.96. The highest BCUT2D eigenvalue weighted by atomic mass is 16.3. The lowest BCUT2D eigenvalue weighted by molar-refractivity contribution is -0.135. The van der Waals surface area contributed by atoms with E-state index in [9.17, 15) is 14.4 Å². The van der Waals surface area contributed by atoms with Crippen LogP contribution in [-0.4, -0.2) is 40.7 Å². The normalized spacial score (nSPS) is 16.0. The largest absolute Gasteiger partial charge is 0.465 e. The molecule has 0 bridgehead atoms. The highest BCUT2D eigenvalue weighted by molar-refractivity contribution is 6.08. The SMILES string of the molecule is CC(C)(C)C(=O)N1CCN(C(=O)/C=C/c2ccco2)C1=O. The molecule has 112 valence electrons. The average Bonchev–Trinajstić information content (AvgIpc) is 3.03. The Morgan fingerprint density at radius 1 is 1.24 bits per heavy atom. The van der Waals surface area contributed by atoms with Gasteiger partial charge in [-0.3, -0.25) is 19.4 Å². The Balaban J connectivity index is 2.05. The van der Waals surface area contributed by atoms with Gasteiger partial charge in [-0.15, -0.1) is 0 Å². The Bertz CT molecular complexity index is 581. The van der Waals surface area contributed by atoms with Gasteiger partial charge in [0.1, 0.15) is 5.76 Å². The summed E-state index contributed by atoms with van der Waals surface area (Å²) >= 11 is 0. The smallest absolute Gasteiger partial charge is 0.333 e. The van der Waals surface area contributed by atoms with Crippen LogP contribution in [0, 0.1) is 5.41 Å². The summed E-state index contributed by atoms with van der Waals surface area (Å²) in [5, 5.41) is 0. The molecule has 0 saturated carbocycles. The van der Waals surface area contributed by atoms with Crippen LogP contribution in [-0.2, 0) is 9.59 Å². The minimum atomic E-state index is -0.654. The molecule has 0 radical (unpaired) electrons. The lowest BCUT2D eigenvalue weighted by Crippen LogP contribution is -2.43. The van der Waals surface area contributed by atoms with Crippen molar-refractivity contribution in [3.63, 3.8) is 0 Å². The number of hydrogen-bond acceptors (Lipinski definition) is 4. The molecule has 21 heavy (non-hydrogen) atoms. The van der Waals surface area contributed by atoms with E-state index in [4.69, 9.17) is 4.42 Å². The fourth-order valence-electron chi connectivity index (χ4n) is 1.96. The first kappa shape index (κ1) is 15.0. The number of imide groups is 2. The minimum absolute atomic E-state index is 0.210. The van der Waals surface area contributed by atoms with Gasteiger partial charge < -0.3 is 4.42 Å². The van der Waals surface area contributed by atoms with Crippen molar-refractivity contribution in [2.24, 2.45) is 5.41 Å². The van der Waals surface area contributed by atoms with E-state index in [-0.39, 0.29) is 19.0 Å². The topological polar surface area (TPSA) is 70.8 Å². The molecular formula is C15H18N2O4. The van der Waals surface area contributed by atoms with Gasteiger partial charge in [-0.25, -0.2) is 4.79 Å². The van der Waals surface area contributed by atoms with Crippen LogP contribution in [0.5, 0.6) is 0 Å². The van der Waals surface area contributed by atoms with Gasteiger partial charge in [0.2, 0.25) is 5.91 Å². The molecule has 0 unspecified atom stereocenters. The standard InChI is InChI=1S/C15H18N2O4/c1-15(2,3)13(19)17-9-8-16(14(17)20)12(18)7-6-11-5-4-10-21-11/h4-7,10H,8-9H2,1-3H3/b7-6+. The molecule has 1 fully saturated rings. The van der Waals surface area contributed by atoms with Crippen LogP contribution in [0.2, 0.25) is 0 Å². The second kappa shape index (κ2) is 5.55. The van der Waals surface area contributed by atoms with Crippen molar-refractivity contribution in [1.29, 1.82) is 0 Å². The van der Waals surface area contributed by atoms with Crippen LogP contribution in [0.25, 0.3) is 6.08 Å². The predicted molar refractivity (Wildman–Crippen MR) is 76.0 cm³/mol. The summed E-state index contributed by atoms with van der Waals surface area (Å²) < 4.78 is 5.07. The Labute approximate surface area is 123 Å². The summed E-state index contributed by atoms with van der Waals surface area (Å²) in [6.45, 7) is 5.66. The first-order valence-electron chi connectivity index (χ1n) is 6.70. The highest BCUT2D eigenvalue weighted by Crippen LogP contribution is 2.21. The van der Waals surface area contributed by atoms with E-state index in [1.807, 2.05) is 0 Å². The molecular weight excluding hydrogens is 272 g/mol. The van der Waals surface area contributed by atoms with Crippen LogP contribution in [0.3, 0.4) is 0 Å². The molecule has 2 rings (SSSR count). The zero-order valence-electron chi connectivity index (χ0n) is 12.3. The van der Waals surface area contributed by atoms with Crippen LogP contribution in [0.4, 0.5) is 4.79 Å². The monoisotopic (exact) mass is 290 g/mol. The maximum absolute atomic E-state index is 12.1. The minimum Gasteiger partial charge on any atom is -0.465 e. The van der Waals surface area contributed by atoms with E-state index in [1.165, 1.54) is 18.4 Å². The molecule has 0 spiro atoms. The van der Waals surface area contributed by atoms with E-state index in [2.05, 4.69) is 0 Å².